The molecule has 0 bridgehead atoms. The second-order valence-electron chi connectivity index (χ2n) is 5.21. The van der Waals surface area contributed by atoms with Crippen LogP contribution in [0.15, 0.2) is 18.3 Å². The average molecular weight is 233 g/mol. The summed E-state index contributed by atoms with van der Waals surface area (Å²) in [5.74, 6) is 0. The van der Waals surface area contributed by atoms with Gasteiger partial charge in [0.15, 0.2) is 0 Å². The van der Waals surface area contributed by atoms with Gasteiger partial charge < -0.3 is 0 Å². The van der Waals surface area contributed by atoms with E-state index in [1.165, 1.54) is 31.7 Å². The molecule has 1 fully saturated rings. The van der Waals surface area contributed by atoms with Crippen LogP contribution in [0, 0.1) is 6.92 Å². The Bertz CT molecular complexity index is 354. The van der Waals surface area contributed by atoms with Gasteiger partial charge in [-0.05, 0) is 38.5 Å². The maximum atomic E-state index is 4.24. The summed E-state index contributed by atoms with van der Waals surface area (Å²) in [5.41, 5.74) is 2.50. The Balaban J connectivity index is 1.86. The molecule has 1 saturated heterocycles. The summed E-state index contributed by atoms with van der Waals surface area (Å²) < 4.78 is 0. The quantitative estimate of drug-likeness (QED) is 0.795. The lowest BCUT2D eigenvalue weighted by molar-refractivity contribution is 0.104. The minimum Gasteiger partial charge on any atom is -0.298 e. The van der Waals surface area contributed by atoms with Crippen molar-refractivity contribution in [1.29, 1.82) is 0 Å². The zero-order valence-electron chi connectivity index (χ0n) is 11.2. The van der Waals surface area contributed by atoms with Gasteiger partial charge in [-0.15, -0.1) is 0 Å². The molecule has 0 amide bonds. The number of hydrogen-bond donors (Lipinski definition) is 0. The van der Waals surface area contributed by atoms with Crippen molar-refractivity contribution in [2.75, 3.05) is 26.2 Å². The van der Waals surface area contributed by atoms with Crippen LogP contribution in [0.4, 0.5) is 0 Å². The van der Waals surface area contributed by atoms with E-state index in [0.29, 0.717) is 6.04 Å². The number of hydrogen-bond acceptors (Lipinski definition) is 3. The van der Waals surface area contributed by atoms with E-state index in [1.807, 2.05) is 6.20 Å². The molecule has 2 rings (SSSR count). The molecule has 0 spiro atoms. The summed E-state index contributed by atoms with van der Waals surface area (Å²) in [4.78, 5) is 9.33. The van der Waals surface area contributed by atoms with Crippen LogP contribution in [0.25, 0.3) is 0 Å². The molecule has 1 aliphatic rings. The third-order valence-electron chi connectivity index (χ3n) is 3.50. The summed E-state index contributed by atoms with van der Waals surface area (Å²) >= 11 is 0. The average Bonchev–Trinajstić information content (AvgIpc) is 2.29. The third kappa shape index (κ3) is 3.51. The second kappa shape index (κ2) is 5.61. The van der Waals surface area contributed by atoms with Gasteiger partial charge in [-0.3, -0.25) is 14.8 Å². The van der Waals surface area contributed by atoms with Crippen molar-refractivity contribution in [2.24, 2.45) is 0 Å². The number of aromatic nitrogens is 1. The molecular formula is C14H23N3. The summed E-state index contributed by atoms with van der Waals surface area (Å²) in [7, 11) is 0. The molecule has 17 heavy (non-hydrogen) atoms. The zero-order chi connectivity index (χ0) is 12.3. The second-order valence-corrected chi connectivity index (χ2v) is 5.21. The van der Waals surface area contributed by atoms with Gasteiger partial charge in [0.25, 0.3) is 0 Å². The fourth-order valence-electron chi connectivity index (χ4n) is 2.40. The lowest BCUT2D eigenvalue weighted by atomic mass is 10.2. The molecule has 2 heterocycles. The predicted molar refractivity (Wildman–Crippen MR) is 71.0 cm³/mol. The predicted octanol–water partition coefficient (Wildman–Crippen LogP) is 1.92. The Morgan fingerprint density at radius 1 is 1.24 bits per heavy atom. The highest BCUT2D eigenvalue weighted by Gasteiger charge is 2.18. The fraction of sp³-hybridized carbons (Fsp3) is 0.643. The number of nitrogens with zero attached hydrogens (tertiary/aromatic N) is 3. The highest BCUT2D eigenvalue weighted by atomic mass is 15.3. The molecule has 0 aliphatic carbocycles. The molecule has 94 valence electrons. The van der Waals surface area contributed by atoms with Crippen molar-refractivity contribution in [1.82, 2.24) is 14.8 Å². The minimum atomic E-state index is 0.681. The maximum Gasteiger partial charge on any atom is 0.0375 e. The summed E-state index contributed by atoms with van der Waals surface area (Å²) in [6.45, 7) is 12.4. The Morgan fingerprint density at radius 2 is 1.94 bits per heavy atom. The standard InChI is InChI=1S/C14H23N3/c1-12(2)17-8-6-16(7-9-17)11-14-4-5-15-13(3)10-14/h4-5,10,12H,6-9,11H2,1-3H3. The molecule has 1 aromatic heterocycles. The summed E-state index contributed by atoms with van der Waals surface area (Å²) in [6.07, 6.45) is 1.91. The zero-order valence-corrected chi connectivity index (χ0v) is 11.2. The van der Waals surface area contributed by atoms with Gasteiger partial charge in [0.1, 0.15) is 0 Å². The summed E-state index contributed by atoms with van der Waals surface area (Å²) in [5, 5.41) is 0. The van der Waals surface area contributed by atoms with Crippen molar-refractivity contribution in [3.05, 3.63) is 29.6 Å². The van der Waals surface area contributed by atoms with Crippen LogP contribution < -0.4 is 0 Å². The third-order valence-corrected chi connectivity index (χ3v) is 3.50. The molecule has 3 nitrogen and oxygen atoms in total. The largest absolute Gasteiger partial charge is 0.298 e. The first-order valence-corrected chi connectivity index (χ1v) is 6.53. The molecule has 1 aliphatic heterocycles. The molecule has 1 aromatic rings. The SMILES string of the molecule is Cc1cc(CN2CCN(C(C)C)CC2)ccn1. The molecule has 3 heteroatoms. The maximum absolute atomic E-state index is 4.24. The molecule has 0 atom stereocenters. The van der Waals surface area contributed by atoms with Gasteiger partial charge >= 0.3 is 0 Å². The van der Waals surface area contributed by atoms with Gasteiger partial charge in [0, 0.05) is 50.7 Å². The van der Waals surface area contributed by atoms with Crippen LogP contribution >= 0.6 is 0 Å². The number of pyridine rings is 1. The van der Waals surface area contributed by atoms with Crippen LogP contribution in [0.2, 0.25) is 0 Å². The van der Waals surface area contributed by atoms with Crippen molar-refractivity contribution < 1.29 is 0 Å². The van der Waals surface area contributed by atoms with Gasteiger partial charge in [-0.2, -0.15) is 0 Å². The first-order valence-electron chi connectivity index (χ1n) is 6.53. The Labute approximate surface area is 104 Å². The lowest BCUT2D eigenvalue weighted by Gasteiger charge is -2.36. The lowest BCUT2D eigenvalue weighted by Crippen LogP contribution is -2.48. The van der Waals surface area contributed by atoms with Crippen LogP contribution in [0.5, 0.6) is 0 Å². The molecule has 0 radical (unpaired) electrons. The van der Waals surface area contributed by atoms with Crippen LogP contribution in [0.1, 0.15) is 25.1 Å². The minimum absolute atomic E-state index is 0.681. The smallest absolute Gasteiger partial charge is 0.0375 e. The van der Waals surface area contributed by atoms with Gasteiger partial charge in [-0.1, -0.05) is 0 Å². The van der Waals surface area contributed by atoms with E-state index in [2.05, 4.69) is 47.7 Å². The monoisotopic (exact) mass is 233 g/mol. The highest BCUT2D eigenvalue weighted by Crippen LogP contribution is 2.10. The highest BCUT2D eigenvalue weighted by molar-refractivity contribution is 5.15. The van der Waals surface area contributed by atoms with E-state index in [-0.39, 0.29) is 0 Å². The Morgan fingerprint density at radius 3 is 2.53 bits per heavy atom. The van der Waals surface area contributed by atoms with Crippen LogP contribution in [-0.2, 0) is 6.54 Å². The van der Waals surface area contributed by atoms with Crippen molar-refractivity contribution >= 4 is 0 Å². The van der Waals surface area contributed by atoms with E-state index >= 15 is 0 Å². The Hall–Kier alpha value is -0.930. The van der Waals surface area contributed by atoms with E-state index in [4.69, 9.17) is 0 Å². The van der Waals surface area contributed by atoms with Crippen molar-refractivity contribution in [2.45, 2.75) is 33.4 Å². The molecule has 0 saturated carbocycles. The van der Waals surface area contributed by atoms with Gasteiger partial charge in [0.05, 0.1) is 0 Å². The summed E-state index contributed by atoms with van der Waals surface area (Å²) in [6, 6.07) is 5.00. The van der Waals surface area contributed by atoms with E-state index in [9.17, 15) is 0 Å². The Kier molecular flexibility index (Phi) is 4.13. The van der Waals surface area contributed by atoms with Gasteiger partial charge in [-0.25, -0.2) is 0 Å². The number of rotatable bonds is 3. The topological polar surface area (TPSA) is 19.4 Å². The molecule has 0 aromatic carbocycles. The first kappa shape index (κ1) is 12.5. The van der Waals surface area contributed by atoms with Crippen molar-refractivity contribution in [3.8, 4) is 0 Å². The molecular weight excluding hydrogens is 210 g/mol. The van der Waals surface area contributed by atoms with Crippen molar-refractivity contribution in [3.63, 3.8) is 0 Å². The number of piperazine rings is 1. The molecule has 0 unspecified atom stereocenters. The van der Waals surface area contributed by atoms with Crippen LogP contribution in [-0.4, -0.2) is 47.0 Å². The van der Waals surface area contributed by atoms with E-state index in [0.717, 1.165) is 12.2 Å². The fourth-order valence-corrected chi connectivity index (χ4v) is 2.40. The van der Waals surface area contributed by atoms with Gasteiger partial charge in [0.2, 0.25) is 0 Å². The van der Waals surface area contributed by atoms with E-state index < -0.39 is 0 Å². The van der Waals surface area contributed by atoms with Crippen LogP contribution in [0.3, 0.4) is 0 Å². The normalized spacial score (nSPS) is 18.8. The first-order chi connectivity index (χ1) is 8.15. The number of aryl methyl sites for hydroxylation is 1. The van der Waals surface area contributed by atoms with E-state index in [1.54, 1.807) is 0 Å². The molecule has 0 N–H and O–H groups in total.